The van der Waals surface area contributed by atoms with Crippen molar-refractivity contribution < 1.29 is 28.4 Å². The first-order valence-electron chi connectivity index (χ1n) is 5.99. The molecule has 1 unspecified atom stereocenters. The minimum atomic E-state index is -4.42. The maximum atomic E-state index is 12.1. The third-order valence-corrected chi connectivity index (χ3v) is 5.02. The number of hydrogen-bond donors (Lipinski definition) is 5. The van der Waals surface area contributed by atoms with E-state index in [-0.39, 0.29) is 22.0 Å². The average molecular weight is 344 g/mol. The lowest BCUT2D eigenvalue weighted by atomic mass is 10.3. The van der Waals surface area contributed by atoms with Gasteiger partial charge in [-0.15, -0.1) is 0 Å². The third-order valence-electron chi connectivity index (χ3n) is 2.71. The number of hydrogen-bond acceptors (Lipinski definition) is 5. The van der Waals surface area contributed by atoms with Crippen LogP contribution in [0.15, 0.2) is 48.5 Å². The van der Waals surface area contributed by atoms with Crippen LogP contribution >= 0.6 is 15.2 Å². The Hall–Kier alpha value is -1.66. The Morgan fingerprint density at radius 3 is 2.32 bits per heavy atom. The van der Waals surface area contributed by atoms with Gasteiger partial charge in [0.2, 0.25) is 0 Å². The van der Waals surface area contributed by atoms with Crippen molar-refractivity contribution in [2.45, 2.75) is 0 Å². The van der Waals surface area contributed by atoms with Crippen molar-refractivity contribution in [3.63, 3.8) is 0 Å². The van der Waals surface area contributed by atoms with E-state index in [9.17, 15) is 14.0 Å². The predicted molar refractivity (Wildman–Crippen MR) is 83.1 cm³/mol. The van der Waals surface area contributed by atoms with Gasteiger partial charge in [0.1, 0.15) is 0 Å². The van der Waals surface area contributed by atoms with E-state index in [1.54, 1.807) is 6.07 Å². The molecule has 0 spiro atoms. The second kappa shape index (κ2) is 6.22. The van der Waals surface area contributed by atoms with E-state index in [4.69, 9.17) is 20.1 Å². The van der Waals surface area contributed by atoms with Gasteiger partial charge < -0.3 is 20.4 Å². The molecule has 2 rings (SSSR count). The lowest BCUT2D eigenvalue weighted by molar-refractivity contribution is 0.323. The molecule has 0 saturated carbocycles. The Labute approximate surface area is 126 Å². The van der Waals surface area contributed by atoms with Gasteiger partial charge in [-0.25, -0.2) is 0 Å². The lowest BCUT2D eigenvalue weighted by Gasteiger charge is -2.15. The SMILES string of the molecule is Nc1ccccc1P(=O)(O)ONc1cccc(P(=O)(O)O)c1. The normalized spacial score (nSPS) is 14.3. The Morgan fingerprint density at radius 1 is 1.00 bits per heavy atom. The molecule has 6 N–H and O–H groups in total. The number of anilines is 2. The van der Waals surface area contributed by atoms with Gasteiger partial charge in [0.15, 0.2) is 0 Å². The van der Waals surface area contributed by atoms with E-state index in [1.165, 1.54) is 36.4 Å². The fraction of sp³-hybridized carbons (Fsp3) is 0. The molecule has 0 aliphatic carbocycles. The number of nitrogens with one attached hydrogen (secondary N) is 1. The van der Waals surface area contributed by atoms with Crippen molar-refractivity contribution in [2.75, 3.05) is 11.2 Å². The van der Waals surface area contributed by atoms with Crippen LogP contribution in [-0.2, 0) is 13.8 Å². The average Bonchev–Trinajstić information content (AvgIpc) is 2.45. The molecule has 0 heterocycles. The van der Waals surface area contributed by atoms with Gasteiger partial charge in [-0.05, 0) is 30.3 Å². The van der Waals surface area contributed by atoms with Crippen LogP contribution in [0.1, 0.15) is 0 Å². The van der Waals surface area contributed by atoms with E-state index in [2.05, 4.69) is 5.48 Å². The van der Waals surface area contributed by atoms with Crippen molar-refractivity contribution in [1.82, 2.24) is 0 Å². The molecule has 10 heteroatoms. The molecule has 0 aliphatic heterocycles. The molecule has 1 atom stereocenters. The molecule has 22 heavy (non-hydrogen) atoms. The largest absolute Gasteiger partial charge is 0.398 e. The Kier molecular flexibility index (Phi) is 4.72. The number of nitrogens with two attached hydrogens (primary N) is 1. The fourth-order valence-electron chi connectivity index (χ4n) is 1.66. The standard InChI is InChI=1S/C12H14N2O6P2/c13-11-6-1-2-7-12(11)22(18,19)20-14-9-4-3-5-10(8-9)21(15,16)17/h1-8,14H,13H2,(H,18,19)(H2,15,16,17). The van der Waals surface area contributed by atoms with Crippen LogP contribution in [-0.4, -0.2) is 14.7 Å². The monoisotopic (exact) mass is 344 g/mol. The number of rotatable bonds is 5. The number of para-hydroxylation sites is 1. The summed E-state index contributed by atoms with van der Waals surface area (Å²) in [6.45, 7) is 0. The van der Waals surface area contributed by atoms with Gasteiger partial charge in [0.25, 0.3) is 0 Å². The maximum absolute atomic E-state index is 12.1. The highest BCUT2D eigenvalue weighted by Gasteiger charge is 2.26. The molecule has 0 amide bonds. The van der Waals surface area contributed by atoms with Crippen molar-refractivity contribution in [1.29, 1.82) is 0 Å². The molecular weight excluding hydrogens is 330 g/mol. The van der Waals surface area contributed by atoms with Crippen molar-refractivity contribution in [2.24, 2.45) is 0 Å². The molecule has 0 saturated heterocycles. The smallest absolute Gasteiger partial charge is 0.381 e. The summed E-state index contributed by atoms with van der Waals surface area (Å²) in [6.07, 6.45) is 0. The summed E-state index contributed by atoms with van der Waals surface area (Å²) in [5, 5.41) is -0.318. The van der Waals surface area contributed by atoms with E-state index >= 15 is 0 Å². The summed E-state index contributed by atoms with van der Waals surface area (Å²) in [5.74, 6) is 0. The van der Waals surface area contributed by atoms with Crippen LogP contribution in [0.5, 0.6) is 0 Å². The molecule has 0 aromatic heterocycles. The highest BCUT2D eigenvalue weighted by molar-refractivity contribution is 7.61. The number of nitrogen functional groups attached to an aromatic ring is 1. The van der Waals surface area contributed by atoms with Crippen LogP contribution in [0, 0.1) is 0 Å². The zero-order valence-corrected chi connectivity index (χ0v) is 12.9. The molecule has 2 aromatic rings. The van der Waals surface area contributed by atoms with Gasteiger partial charge >= 0.3 is 15.2 Å². The second-order valence-corrected chi connectivity index (χ2v) is 7.68. The summed E-state index contributed by atoms with van der Waals surface area (Å²) >= 11 is 0. The highest BCUT2D eigenvalue weighted by atomic mass is 31.2. The van der Waals surface area contributed by atoms with E-state index in [1.807, 2.05) is 0 Å². The topological polar surface area (TPSA) is 142 Å². The predicted octanol–water partition coefficient (Wildman–Crippen LogP) is 0.926. The van der Waals surface area contributed by atoms with E-state index in [0.717, 1.165) is 6.07 Å². The van der Waals surface area contributed by atoms with Gasteiger partial charge in [0, 0.05) is 5.69 Å². The van der Waals surface area contributed by atoms with Crippen LogP contribution in [0.4, 0.5) is 11.4 Å². The van der Waals surface area contributed by atoms with Gasteiger partial charge in [-0.3, -0.25) is 14.6 Å². The summed E-state index contributed by atoms with van der Waals surface area (Å²) in [7, 11) is -8.66. The molecule has 2 aromatic carbocycles. The first kappa shape index (κ1) is 16.7. The zero-order chi connectivity index (χ0) is 16.4. The Morgan fingerprint density at radius 2 is 1.68 bits per heavy atom. The molecule has 0 fully saturated rings. The minimum absolute atomic E-state index is 0.0753. The van der Waals surface area contributed by atoms with E-state index < -0.39 is 15.2 Å². The molecule has 0 aliphatic rings. The van der Waals surface area contributed by atoms with Crippen molar-refractivity contribution >= 4 is 37.2 Å². The highest BCUT2D eigenvalue weighted by Crippen LogP contribution is 2.42. The first-order valence-corrected chi connectivity index (χ1v) is 9.18. The summed E-state index contributed by atoms with van der Waals surface area (Å²) in [6, 6.07) is 11.1. The maximum Gasteiger partial charge on any atom is 0.381 e. The Bertz CT molecular complexity index is 776. The van der Waals surface area contributed by atoms with Crippen molar-refractivity contribution in [3.8, 4) is 0 Å². The minimum Gasteiger partial charge on any atom is -0.398 e. The van der Waals surface area contributed by atoms with Crippen LogP contribution < -0.4 is 21.8 Å². The van der Waals surface area contributed by atoms with Crippen LogP contribution in [0.2, 0.25) is 0 Å². The van der Waals surface area contributed by atoms with Gasteiger partial charge in [0.05, 0.1) is 16.3 Å². The lowest BCUT2D eigenvalue weighted by Crippen LogP contribution is -2.15. The zero-order valence-electron chi connectivity index (χ0n) is 11.2. The molecule has 8 nitrogen and oxygen atoms in total. The molecule has 118 valence electrons. The summed E-state index contributed by atoms with van der Waals surface area (Å²) < 4.78 is 28.1. The Balaban J connectivity index is 2.18. The van der Waals surface area contributed by atoms with Gasteiger partial charge in [-0.2, -0.15) is 4.62 Å². The van der Waals surface area contributed by atoms with Crippen molar-refractivity contribution in [3.05, 3.63) is 48.5 Å². The molecule has 0 bridgehead atoms. The van der Waals surface area contributed by atoms with Gasteiger partial charge in [-0.1, -0.05) is 18.2 Å². The van der Waals surface area contributed by atoms with E-state index in [0.29, 0.717) is 0 Å². The van der Waals surface area contributed by atoms with Crippen LogP contribution in [0.3, 0.4) is 0 Å². The second-order valence-electron chi connectivity index (χ2n) is 4.37. The molecule has 0 radical (unpaired) electrons. The summed E-state index contributed by atoms with van der Waals surface area (Å²) in [4.78, 5) is 28.0. The number of benzene rings is 2. The quantitative estimate of drug-likeness (QED) is 0.306. The third kappa shape index (κ3) is 3.96. The fourth-order valence-corrected chi connectivity index (χ4v) is 3.25. The molecular formula is C12H14N2O6P2. The first-order chi connectivity index (χ1) is 10.2. The van der Waals surface area contributed by atoms with Crippen LogP contribution in [0.25, 0.3) is 0 Å². The summed E-state index contributed by atoms with van der Waals surface area (Å²) in [5.41, 5.74) is 8.04.